The van der Waals surface area contributed by atoms with Gasteiger partial charge in [0.15, 0.2) is 0 Å². The molecule has 21 heavy (non-hydrogen) atoms. The highest BCUT2D eigenvalue weighted by Crippen LogP contribution is 2.71. The number of ether oxygens (including phenoxy) is 3. The van der Waals surface area contributed by atoms with Crippen LogP contribution in [-0.4, -0.2) is 36.5 Å². The Morgan fingerprint density at radius 2 is 2.14 bits per heavy atom. The van der Waals surface area contributed by atoms with E-state index in [1.165, 1.54) is 12.5 Å². The van der Waals surface area contributed by atoms with Crippen molar-refractivity contribution >= 4 is 5.97 Å². The summed E-state index contributed by atoms with van der Waals surface area (Å²) in [7, 11) is 0. The standard InChI is InChI=1S/C17H24O4/c1-10-5-6-15(3)13(7-10)21-14-12(20-11(2)18)8-16(15,4)17(14)9-19-17/h7,12-14H,5-6,8-9H2,1-4H3/t12-,13-,14-,15+,16-,17-/m1/s1. The van der Waals surface area contributed by atoms with Crippen LogP contribution in [0.15, 0.2) is 11.6 Å². The Balaban J connectivity index is 1.78. The van der Waals surface area contributed by atoms with Crippen molar-refractivity contribution in [2.75, 3.05) is 6.61 Å². The van der Waals surface area contributed by atoms with Crippen LogP contribution in [0.2, 0.25) is 0 Å². The third-order valence-corrected chi connectivity index (χ3v) is 6.77. The number of carbonyl (C=O) groups is 1. The van der Waals surface area contributed by atoms with Crippen LogP contribution in [-0.2, 0) is 19.0 Å². The lowest BCUT2D eigenvalue weighted by Crippen LogP contribution is -2.61. The van der Waals surface area contributed by atoms with Gasteiger partial charge in [0.05, 0.1) is 12.7 Å². The summed E-state index contributed by atoms with van der Waals surface area (Å²) < 4.78 is 18.0. The van der Waals surface area contributed by atoms with Crippen LogP contribution < -0.4 is 0 Å². The van der Waals surface area contributed by atoms with Crippen LogP contribution in [0.1, 0.15) is 47.0 Å². The average molecular weight is 292 g/mol. The van der Waals surface area contributed by atoms with E-state index in [0.29, 0.717) is 0 Å². The van der Waals surface area contributed by atoms with Gasteiger partial charge in [-0.3, -0.25) is 4.79 Å². The van der Waals surface area contributed by atoms with Crippen molar-refractivity contribution in [3.05, 3.63) is 11.6 Å². The van der Waals surface area contributed by atoms with Gasteiger partial charge in [-0.1, -0.05) is 25.5 Å². The molecule has 3 fully saturated rings. The second-order valence-corrected chi connectivity index (χ2v) is 7.77. The zero-order chi connectivity index (χ0) is 15.0. The highest BCUT2D eigenvalue weighted by atomic mass is 16.7. The number of hydrogen-bond donors (Lipinski definition) is 0. The summed E-state index contributed by atoms with van der Waals surface area (Å²) in [5, 5.41) is 0. The lowest BCUT2D eigenvalue weighted by Gasteiger charge is -2.56. The Kier molecular flexibility index (Phi) is 2.56. The van der Waals surface area contributed by atoms with Crippen LogP contribution in [0.5, 0.6) is 0 Å². The van der Waals surface area contributed by atoms with Crippen molar-refractivity contribution in [1.82, 2.24) is 0 Å². The van der Waals surface area contributed by atoms with Gasteiger partial charge in [-0.25, -0.2) is 0 Å². The minimum atomic E-state index is -0.239. The fourth-order valence-corrected chi connectivity index (χ4v) is 5.15. The van der Waals surface area contributed by atoms with Gasteiger partial charge in [0.2, 0.25) is 0 Å². The van der Waals surface area contributed by atoms with Crippen molar-refractivity contribution in [3.63, 3.8) is 0 Å². The second kappa shape index (κ2) is 3.90. The van der Waals surface area contributed by atoms with E-state index in [9.17, 15) is 4.79 Å². The predicted molar refractivity (Wildman–Crippen MR) is 76.7 cm³/mol. The number of fused-ring (bicyclic) bond motifs is 2. The quantitative estimate of drug-likeness (QED) is 0.423. The maximum atomic E-state index is 11.4. The van der Waals surface area contributed by atoms with Gasteiger partial charge in [0.25, 0.3) is 0 Å². The number of esters is 1. The first-order chi connectivity index (χ1) is 9.82. The molecule has 0 aromatic carbocycles. The van der Waals surface area contributed by atoms with E-state index in [1.54, 1.807) is 0 Å². The molecule has 0 N–H and O–H groups in total. The maximum absolute atomic E-state index is 11.4. The summed E-state index contributed by atoms with van der Waals surface area (Å²) in [4.78, 5) is 11.4. The number of hydrogen-bond acceptors (Lipinski definition) is 4. The summed E-state index contributed by atoms with van der Waals surface area (Å²) in [6, 6.07) is 0. The predicted octanol–water partition coefficient (Wildman–Crippen LogP) is 2.61. The lowest BCUT2D eigenvalue weighted by molar-refractivity contribution is -0.201. The van der Waals surface area contributed by atoms with Gasteiger partial charge in [-0.2, -0.15) is 0 Å². The number of epoxide rings is 1. The van der Waals surface area contributed by atoms with E-state index in [-0.39, 0.29) is 40.7 Å². The molecule has 1 saturated carbocycles. The molecule has 1 spiro atoms. The summed E-state index contributed by atoms with van der Waals surface area (Å²) in [6.45, 7) is 9.03. The van der Waals surface area contributed by atoms with Crippen LogP contribution in [0.25, 0.3) is 0 Å². The highest BCUT2D eigenvalue weighted by Gasteiger charge is 2.80. The molecule has 0 aromatic rings. The molecule has 116 valence electrons. The molecule has 4 heteroatoms. The lowest BCUT2D eigenvalue weighted by atomic mass is 9.53. The van der Waals surface area contributed by atoms with E-state index >= 15 is 0 Å². The summed E-state index contributed by atoms with van der Waals surface area (Å²) in [5.74, 6) is -0.226. The normalized spacial score (nSPS) is 54.1. The molecule has 2 aliphatic carbocycles. The van der Waals surface area contributed by atoms with E-state index in [4.69, 9.17) is 14.2 Å². The van der Waals surface area contributed by atoms with Gasteiger partial charge in [0.1, 0.15) is 17.8 Å². The number of rotatable bonds is 1. The van der Waals surface area contributed by atoms with Crippen molar-refractivity contribution < 1.29 is 19.0 Å². The Morgan fingerprint density at radius 1 is 1.43 bits per heavy atom. The first-order valence-corrected chi connectivity index (χ1v) is 7.96. The van der Waals surface area contributed by atoms with Gasteiger partial charge >= 0.3 is 5.97 Å². The van der Waals surface area contributed by atoms with Crippen LogP contribution in [0.4, 0.5) is 0 Å². The molecule has 4 nitrogen and oxygen atoms in total. The van der Waals surface area contributed by atoms with Crippen molar-refractivity contribution in [2.24, 2.45) is 10.8 Å². The summed E-state index contributed by atoms with van der Waals surface area (Å²) in [6.07, 6.45) is 5.16. The van der Waals surface area contributed by atoms with E-state index in [0.717, 1.165) is 25.9 Å². The summed E-state index contributed by atoms with van der Waals surface area (Å²) in [5.41, 5.74) is 1.22. The van der Waals surface area contributed by atoms with Gasteiger partial charge in [0, 0.05) is 17.8 Å². The van der Waals surface area contributed by atoms with Gasteiger partial charge in [-0.05, 0) is 26.2 Å². The van der Waals surface area contributed by atoms with E-state index in [2.05, 4.69) is 26.8 Å². The smallest absolute Gasteiger partial charge is 0.302 e. The largest absolute Gasteiger partial charge is 0.460 e. The molecule has 2 heterocycles. The molecule has 4 rings (SSSR count). The fraction of sp³-hybridized carbons (Fsp3) is 0.824. The number of allylic oxidation sites excluding steroid dienone is 1. The Labute approximate surface area is 125 Å². The molecule has 6 atom stereocenters. The number of carbonyl (C=O) groups excluding carboxylic acids is 1. The molecule has 2 saturated heterocycles. The fourth-order valence-electron chi connectivity index (χ4n) is 5.15. The molecule has 0 unspecified atom stereocenters. The summed E-state index contributed by atoms with van der Waals surface area (Å²) >= 11 is 0. The maximum Gasteiger partial charge on any atom is 0.302 e. The molecule has 4 aliphatic rings. The highest BCUT2D eigenvalue weighted by molar-refractivity contribution is 5.66. The molecule has 2 aliphatic heterocycles. The zero-order valence-corrected chi connectivity index (χ0v) is 13.3. The van der Waals surface area contributed by atoms with E-state index < -0.39 is 0 Å². The van der Waals surface area contributed by atoms with Crippen LogP contribution >= 0.6 is 0 Å². The molecular formula is C17H24O4. The SMILES string of the molecule is CC(=O)O[C@@H]1C[C@]2(C)[C@@]3(C)CCC(C)=C[C@H]3O[C@H]1[C@]21CO1. The Morgan fingerprint density at radius 3 is 2.76 bits per heavy atom. The van der Waals surface area contributed by atoms with E-state index in [1.807, 2.05) is 0 Å². The first kappa shape index (κ1) is 13.8. The van der Waals surface area contributed by atoms with Gasteiger partial charge < -0.3 is 14.2 Å². The van der Waals surface area contributed by atoms with Gasteiger partial charge in [-0.15, -0.1) is 0 Å². The minimum absolute atomic E-state index is 0.00486. The molecular weight excluding hydrogens is 268 g/mol. The molecule has 0 radical (unpaired) electrons. The monoisotopic (exact) mass is 292 g/mol. The molecule has 2 bridgehead atoms. The molecule has 0 aromatic heterocycles. The average Bonchev–Trinajstić information content (AvgIpc) is 3.15. The Hall–Kier alpha value is -0.870. The minimum Gasteiger partial charge on any atom is -0.460 e. The Bertz CT molecular complexity index is 535. The molecule has 0 amide bonds. The second-order valence-electron chi connectivity index (χ2n) is 7.77. The third kappa shape index (κ3) is 1.50. The van der Waals surface area contributed by atoms with Crippen molar-refractivity contribution in [1.29, 1.82) is 0 Å². The van der Waals surface area contributed by atoms with Crippen LogP contribution in [0.3, 0.4) is 0 Å². The zero-order valence-electron chi connectivity index (χ0n) is 13.3. The topological polar surface area (TPSA) is 48.1 Å². The van der Waals surface area contributed by atoms with Crippen molar-refractivity contribution in [2.45, 2.75) is 70.9 Å². The van der Waals surface area contributed by atoms with Crippen molar-refractivity contribution in [3.8, 4) is 0 Å². The third-order valence-electron chi connectivity index (χ3n) is 6.77. The van der Waals surface area contributed by atoms with Crippen LogP contribution in [0, 0.1) is 10.8 Å². The first-order valence-electron chi connectivity index (χ1n) is 7.96.